The van der Waals surface area contributed by atoms with E-state index in [1.165, 1.54) is 31.7 Å². The van der Waals surface area contributed by atoms with Crippen LogP contribution in [0.4, 0.5) is 5.69 Å². The molecule has 0 bridgehead atoms. The number of aromatic nitrogens is 2. The molecule has 0 aliphatic heterocycles. The highest BCUT2D eigenvalue weighted by Gasteiger charge is 2.17. The van der Waals surface area contributed by atoms with E-state index in [0.717, 1.165) is 11.0 Å². The fourth-order valence-electron chi connectivity index (χ4n) is 2.35. The van der Waals surface area contributed by atoms with Crippen molar-refractivity contribution in [3.8, 4) is 17.2 Å². The Morgan fingerprint density at radius 3 is 2.90 bits per heavy atom. The zero-order chi connectivity index (χ0) is 13.9. The van der Waals surface area contributed by atoms with Gasteiger partial charge in [-0.25, -0.2) is 0 Å². The van der Waals surface area contributed by atoms with Crippen LogP contribution in [-0.4, -0.2) is 20.5 Å². The molecule has 1 saturated carbocycles. The van der Waals surface area contributed by atoms with E-state index in [1.54, 1.807) is 12.1 Å². The van der Waals surface area contributed by atoms with Gasteiger partial charge in [0.15, 0.2) is 5.82 Å². The topological polar surface area (TPSA) is 85.2 Å². The van der Waals surface area contributed by atoms with Gasteiger partial charge in [0, 0.05) is 10.8 Å². The first-order valence-electron chi connectivity index (χ1n) is 6.75. The molecule has 20 heavy (non-hydrogen) atoms. The highest BCUT2D eigenvalue weighted by molar-refractivity contribution is 7.99. The van der Waals surface area contributed by atoms with Gasteiger partial charge >= 0.3 is 0 Å². The second-order valence-electron chi connectivity index (χ2n) is 5.01. The van der Waals surface area contributed by atoms with Gasteiger partial charge in [-0.05, 0) is 31.0 Å². The summed E-state index contributed by atoms with van der Waals surface area (Å²) >= 11 is 1.90. The van der Waals surface area contributed by atoms with Gasteiger partial charge in [-0.1, -0.05) is 18.0 Å². The van der Waals surface area contributed by atoms with Gasteiger partial charge in [0.1, 0.15) is 5.75 Å². The first-order chi connectivity index (χ1) is 9.72. The fourth-order valence-corrected chi connectivity index (χ4v) is 3.52. The number of aromatic hydroxyl groups is 1. The van der Waals surface area contributed by atoms with Crippen molar-refractivity contribution >= 4 is 17.4 Å². The second-order valence-corrected chi connectivity index (χ2v) is 6.30. The largest absolute Gasteiger partial charge is 0.506 e. The summed E-state index contributed by atoms with van der Waals surface area (Å²) in [7, 11) is 0. The number of hydrogen-bond donors (Lipinski definition) is 2. The van der Waals surface area contributed by atoms with Gasteiger partial charge in [-0.2, -0.15) is 16.7 Å². The lowest BCUT2D eigenvalue weighted by molar-refractivity contribution is 0.424. The van der Waals surface area contributed by atoms with Crippen molar-refractivity contribution in [3.05, 3.63) is 24.0 Å². The first kappa shape index (κ1) is 13.3. The van der Waals surface area contributed by atoms with E-state index >= 15 is 0 Å². The van der Waals surface area contributed by atoms with E-state index in [-0.39, 0.29) is 5.75 Å². The first-order valence-corrected chi connectivity index (χ1v) is 7.80. The molecule has 1 aromatic heterocycles. The zero-order valence-corrected chi connectivity index (χ0v) is 11.9. The monoisotopic (exact) mass is 291 g/mol. The predicted octanol–water partition coefficient (Wildman–Crippen LogP) is 3.20. The van der Waals surface area contributed by atoms with Crippen molar-refractivity contribution in [3.63, 3.8) is 0 Å². The molecule has 0 radical (unpaired) electrons. The third-order valence-electron chi connectivity index (χ3n) is 3.50. The molecular formula is C14H17N3O2S. The van der Waals surface area contributed by atoms with E-state index in [4.69, 9.17) is 10.3 Å². The number of nitrogens with zero attached hydrogens (tertiary/aromatic N) is 2. The molecule has 0 amide bonds. The normalized spacial score (nSPS) is 15.8. The molecular weight excluding hydrogens is 274 g/mol. The minimum atomic E-state index is 0.0302. The molecule has 2 aromatic rings. The van der Waals surface area contributed by atoms with Gasteiger partial charge in [-0.15, -0.1) is 0 Å². The van der Waals surface area contributed by atoms with E-state index in [9.17, 15) is 5.11 Å². The van der Waals surface area contributed by atoms with Gasteiger partial charge in [0.2, 0.25) is 0 Å². The summed E-state index contributed by atoms with van der Waals surface area (Å²) in [5.74, 6) is 1.92. The quantitative estimate of drug-likeness (QED) is 0.664. The third-order valence-corrected chi connectivity index (χ3v) is 4.86. The predicted molar refractivity (Wildman–Crippen MR) is 79.4 cm³/mol. The zero-order valence-electron chi connectivity index (χ0n) is 11.1. The summed E-state index contributed by atoms with van der Waals surface area (Å²) in [6.07, 6.45) is 5.25. The number of nitrogens with two attached hydrogens (primary N) is 1. The minimum absolute atomic E-state index is 0.0302. The molecule has 0 spiro atoms. The number of benzene rings is 1. The molecule has 3 N–H and O–H groups in total. The number of phenols is 1. The number of anilines is 1. The summed E-state index contributed by atoms with van der Waals surface area (Å²) in [4.78, 5) is 4.36. The third kappa shape index (κ3) is 2.90. The molecule has 1 aromatic carbocycles. The van der Waals surface area contributed by atoms with Crippen molar-refractivity contribution in [1.29, 1.82) is 0 Å². The summed E-state index contributed by atoms with van der Waals surface area (Å²) < 4.78 is 5.23. The molecule has 5 nitrogen and oxygen atoms in total. The lowest BCUT2D eigenvalue weighted by atomic mass is 10.2. The van der Waals surface area contributed by atoms with E-state index in [2.05, 4.69) is 10.1 Å². The highest BCUT2D eigenvalue weighted by atomic mass is 32.2. The Morgan fingerprint density at radius 1 is 1.35 bits per heavy atom. The number of hydrogen-bond acceptors (Lipinski definition) is 6. The van der Waals surface area contributed by atoms with Crippen LogP contribution in [0, 0.1) is 0 Å². The standard InChI is InChI=1S/C14H17N3O2S/c15-11-6-5-9(7-12(11)18)14-16-13(17-19-14)8-20-10-3-1-2-4-10/h5-7,10,18H,1-4,8,15H2. The Labute approximate surface area is 121 Å². The van der Waals surface area contributed by atoms with Crippen molar-refractivity contribution in [2.45, 2.75) is 36.7 Å². The van der Waals surface area contributed by atoms with Crippen molar-refractivity contribution < 1.29 is 9.63 Å². The lowest BCUT2D eigenvalue weighted by Gasteiger charge is -2.04. The van der Waals surface area contributed by atoms with Crippen LogP contribution < -0.4 is 5.73 Å². The number of thioether (sulfide) groups is 1. The summed E-state index contributed by atoms with van der Waals surface area (Å²) in [6, 6.07) is 4.93. The van der Waals surface area contributed by atoms with E-state index in [0.29, 0.717) is 23.0 Å². The lowest BCUT2D eigenvalue weighted by Crippen LogP contribution is -1.95. The molecule has 3 rings (SSSR count). The van der Waals surface area contributed by atoms with Crippen LogP contribution in [0.25, 0.3) is 11.5 Å². The Hall–Kier alpha value is -1.69. The fraction of sp³-hybridized carbons (Fsp3) is 0.429. The minimum Gasteiger partial charge on any atom is -0.506 e. The van der Waals surface area contributed by atoms with Crippen LogP contribution in [0.5, 0.6) is 5.75 Å². The highest BCUT2D eigenvalue weighted by Crippen LogP contribution is 2.32. The number of rotatable bonds is 4. The van der Waals surface area contributed by atoms with E-state index < -0.39 is 0 Å². The molecule has 0 unspecified atom stereocenters. The Kier molecular flexibility index (Phi) is 3.82. The van der Waals surface area contributed by atoms with Crippen molar-refractivity contribution in [2.24, 2.45) is 0 Å². The number of nitrogen functional groups attached to an aromatic ring is 1. The summed E-state index contributed by atoms with van der Waals surface area (Å²) in [5, 5.41) is 14.3. The van der Waals surface area contributed by atoms with E-state index in [1.807, 2.05) is 11.8 Å². The van der Waals surface area contributed by atoms with Gasteiger partial charge in [0.05, 0.1) is 11.4 Å². The molecule has 1 heterocycles. The average Bonchev–Trinajstić information content (AvgIpc) is 3.10. The average molecular weight is 291 g/mol. The molecule has 0 saturated heterocycles. The molecule has 1 aliphatic carbocycles. The van der Waals surface area contributed by atoms with Crippen LogP contribution in [0.15, 0.2) is 22.7 Å². The molecule has 1 fully saturated rings. The summed E-state index contributed by atoms with van der Waals surface area (Å²) in [6.45, 7) is 0. The molecule has 6 heteroatoms. The molecule has 1 aliphatic rings. The van der Waals surface area contributed by atoms with Gasteiger partial charge < -0.3 is 15.4 Å². The maximum absolute atomic E-state index is 9.60. The van der Waals surface area contributed by atoms with Gasteiger partial charge in [0.25, 0.3) is 5.89 Å². The molecule has 106 valence electrons. The number of phenolic OH excluding ortho intramolecular Hbond substituents is 1. The van der Waals surface area contributed by atoms with Crippen LogP contribution in [-0.2, 0) is 5.75 Å². The smallest absolute Gasteiger partial charge is 0.258 e. The second kappa shape index (κ2) is 5.75. The maximum atomic E-state index is 9.60. The summed E-state index contributed by atoms with van der Waals surface area (Å²) in [5.41, 5.74) is 6.59. The van der Waals surface area contributed by atoms with Crippen LogP contribution in [0.3, 0.4) is 0 Å². The van der Waals surface area contributed by atoms with Gasteiger partial charge in [-0.3, -0.25) is 0 Å². The SMILES string of the molecule is Nc1ccc(-c2nc(CSC3CCCC3)no2)cc1O. The Balaban J connectivity index is 1.67. The van der Waals surface area contributed by atoms with Crippen LogP contribution in [0.1, 0.15) is 31.5 Å². The Bertz CT molecular complexity index is 594. The maximum Gasteiger partial charge on any atom is 0.258 e. The molecule has 0 atom stereocenters. The van der Waals surface area contributed by atoms with Crippen LogP contribution >= 0.6 is 11.8 Å². The van der Waals surface area contributed by atoms with Crippen molar-refractivity contribution in [1.82, 2.24) is 10.1 Å². The van der Waals surface area contributed by atoms with Crippen LogP contribution in [0.2, 0.25) is 0 Å². The van der Waals surface area contributed by atoms with Crippen molar-refractivity contribution in [2.75, 3.05) is 5.73 Å². The Morgan fingerprint density at radius 2 is 2.15 bits per heavy atom.